The summed E-state index contributed by atoms with van der Waals surface area (Å²) in [7, 11) is 0. The zero-order valence-corrected chi connectivity index (χ0v) is 18.6. The zero-order valence-electron chi connectivity index (χ0n) is 18.6. The Labute approximate surface area is 194 Å². The van der Waals surface area contributed by atoms with Gasteiger partial charge in [0.05, 0.1) is 30.5 Å². The number of hydrogen-bond acceptors (Lipinski definition) is 3. The minimum Gasteiger partial charge on any atom is -0.361 e. The lowest BCUT2D eigenvalue weighted by Crippen LogP contribution is -2.26. The van der Waals surface area contributed by atoms with E-state index >= 15 is 0 Å². The van der Waals surface area contributed by atoms with Crippen LogP contribution in [-0.2, 0) is 13.0 Å². The van der Waals surface area contributed by atoms with Crippen molar-refractivity contribution < 1.29 is 0 Å². The van der Waals surface area contributed by atoms with Gasteiger partial charge in [0.1, 0.15) is 5.82 Å². The highest BCUT2D eigenvalue weighted by atomic mass is 15.1. The molecule has 33 heavy (non-hydrogen) atoms. The van der Waals surface area contributed by atoms with E-state index in [-0.39, 0.29) is 0 Å². The van der Waals surface area contributed by atoms with E-state index in [9.17, 15) is 5.26 Å². The molecule has 0 saturated heterocycles. The van der Waals surface area contributed by atoms with Crippen molar-refractivity contribution in [3.8, 4) is 28.6 Å². The van der Waals surface area contributed by atoms with Crippen molar-refractivity contribution in [1.82, 2.24) is 19.9 Å². The van der Waals surface area contributed by atoms with Crippen LogP contribution in [-0.4, -0.2) is 32.9 Å². The van der Waals surface area contributed by atoms with E-state index in [1.54, 1.807) is 6.08 Å². The molecule has 0 radical (unpaired) electrons. The maximum absolute atomic E-state index is 9.41. The minimum atomic E-state index is 0.324. The Balaban J connectivity index is 1.59. The van der Waals surface area contributed by atoms with Crippen LogP contribution in [0.3, 0.4) is 0 Å². The summed E-state index contributed by atoms with van der Waals surface area (Å²) in [6.07, 6.45) is 6.44. The van der Waals surface area contributed by atoms with Gasteiger partial charge in [-0.2, -0.15) is 5.26 Å². The second kappa shape index (κ2) is 10.4. The van der Waals surface area contributed by atoms with E-state index in [2.05, 4.69) is 58.4 Å². The van der Waals surface area contributed by atoms with Crippen LogP contribution < -0.4 is 0 Å². The number of nitriles is 1. The highest BCUT2D eigenvalue weighted by Crippen LogP contribution is 2.30. The van der Waals surface area contributed by atoms with Crippen molar-refractivity contribution in [3.05, 3.63) is 103 Å². The van der Waals surface area contributed by atoms with E-state index in [0.717, 1.165) is 58.1 Å². The number of aromatic amines is 2. The average Bonchev–Trinajstić information content (AvgIpc) is 3.47. The van der Waals surface area contributed by atoms with Crippen LogP contribution in [0, 0.1) is 11.3 Å². The Kier molecular flexibility index (Phi) is 6.99. The first-order valence-corrected chi connectivity index (χ1v) is 11.0. The third kappa shape index (κ3) is 5.03. The molecular formula is C28H27N5. The molecule has 0 spiro atoms. The van der Waals surface area contributed by atoms with Crippen molar-refractivity contribution in [3.63, 3.8) is 0 Å². The van der Waals surface area contributed by atoms with Crippen LogP contribution in [0.4, 0.5) is 0 Å². The number of imidazole rings is 1. The van der Waals surface area contributed by atoms with Gasteiger partial charge in [0, 0.05) is 35.1 Å². The van der Waals surface area contributed by atoms with Gasteiger partial charge in [0.25, 0.3) is 0 Å². The van der Waals surface area contributed by atoms with Crippen LogP contribution in [0.1, 0.15) is 22.6 Å². The van der Waals surface area contributed by atoms with Gasteiger partial charge in [-0.05, 0) is 18.1 Å². The first-order valence-electron chi connectivity index (χ1n) is 11.0. The highest BCUT2D eigenvalue weighted by molar-refractivity contribution is 5.78. The van der Waals surface area contributed by atoms with Crippen LogP contribution >= 0.6 is 0 Å². The van der Waals surface area contributed by atoms with Gasteiger partial charge in [0.15, 0.2) is 0 Å². The summed E-state index contributed by atoms with van der Waals surface area (Å²) in [6, 6.07) is 22.7. The predicted octanol–water partition coefficient (Wildman–Crippen LogP) is 5.93. The van der Waals surface area contributed by atoms with Gasteiger partial charge in [-0.25, -0.2) is 4.98 Å². The quantitative estimate of drug-likeness (QED) is 0.305. The fourth-order valence-corrected chi connectivity index (χ4v) is 4.03. The van der Waals surface area contributed by atoms with Crippen molar-refractivity contribution in [2.45, 2.75) is 13.0 Å². The Morgan fingerprint density at radius 3 is 2.30 bits per heavy atom. The van der Waals surface area contributed by atoms with Gasteiger partial charge < -0.3 is 9.97 Å². The molecule has 4 rings (SSSR count). The summed E-state index contributed by atoms with van der Waals surface area (Å²) in [4.78, 5) is 13.8. The number of nitrogens with zero attached hydrogens (tertiary/aromatic N) is 3. The Morgan fingerprint density at radius 2 is 1.67 bits per heavy atom. The fourth-order valence-electron chi connectivity index (χ4n) is 4.03. The topological polar surface area (TPSA) is 71.5 Å². The molecule has 4 aromatic rings. The molecule has 5 nitrogen and oxygen atoms in total. The molecule has 0 amide bonds. The van der Waals surface area contributed by atoms with Crippen molar-refractivity contribution >= 4 is 12.2 Å². The van der Waals surface area contributed by atoms with E-state index < -0.39 is 0 Å². The molecule has 2 heterocycles. The molecule has 0 aliphatic rings. The summed E-state index contributed by atoms with van der Waals surface area (Å²) in [5.41, 5.74) is 7.26. The molecule has 0 aliphatic heterocycles. The van der Waals surface area contributed by atoms with E-state index in [4.69, 9.17) is 4.98 Å². The molecule has 0 unspecified atom stereocenters. The molecule has 0 bridgehead atoms. The van der Waals surface area contributed by atoms with E-state index in [1.807, 2.05) is 48.7 Å². The molecule has 2 aromatic carbocycles. The lowest BCUT2D eigenvalue weighted by Gasteiger charge is -2.17. The molecule has 0 aliphatic carbocycles. The third-order valence-corrected chi connectivity index (χ3v) is 5.67. The summed E-state index contributed by atoms with van der Waals surface area (Å²) in [6.45, 7) is 9.38. The van der Waals surface area contributed by atoms with E-state index in [1.165, 1.54) is 0 Å². The largest absolute Gasteiger partial charge is 0.361 e. The van der Waals surface area contributed by atoms with E-state index in [0.29, 0.717) is 13.1 Å². The maximum atomic E-state index is 9.41. The van der Waals surface area contributed by atoms with Gasteiger partial charge in [-0.3, -0.25) is 4.90 Å². The van der Waals surface area contributed by atoms with Gasteiger partial charge in [-0.1, -0.05) is 79.9 Å². The number of nitrogens with one attached hydrogen (secondary N) is 2. The van der Waals surface area contributed by atoms with Gasteiger partial charge in [0.2, 0.25) is 0 Å². The Morgan fingerprint density at radius 1 is 0.970 bits per heavy atom. The molecule has 0 saturated carbocycles. The lowest BCUT2D eigenvalue weighted by atomic mass is 10.1. The maximum Gasteiger partial charge on any atom is 0.121 e. The molecule has 2 N–H and O–H groups in total. The monoisotopic (exact) mass is 433 g/mol. The minimum absolute atomic E-state index is 0.324. The zero-order chi connectivity index (χ0) is 23.0. The average molecular weight is 434 g/mol. The summed E-state index contributed by atoms with van der Waals surface area (Å²) in [5.74, 6) is 0.841. The number of aromatic nitrogens is 3. The van der Waals surface area contributed by atoms with Crippen LogP contribution in [0.15, 0.2) is 80.0 Å². The molecule has 2 aromatic heterocycles. The van der Waals surface area contributed by atoms with Crippen LogP contribution in [0.5, 0.6) is 0 Å². The van der Waals surface area contributed by atoms with Gasteiger partial charge >= 0.3 is 0 Å². The predicted molar refractivity (Wildman–Crippen MR) is 135 cm³/mol. The number of rotatable bonds is 10. The van der Waals surface area contributed by atoms with Crippen LogP contribution in [0.25, 0.3) is 34.7 Å². The smallest absolute Gasteiger partial charge is 0.121 e. The molecule has 5 heteroatoms. The molecular weight excluding hydrogens is 406 g/mol. The first kappa shape index (κ1) is 22.1. The summed E-state index contributed by atoms with van der Waals surface area (Å²) >= 11 is 0. The van der Waals surface area contributed by atoms with Crippen molar-refractivity contribution in [1.29, 1.82) is 5.26 Å². The fraction of sp³-hybridized carbons (Fsp3) is 0.143. The third-order valence-electron chi connectivity index (χ3n) is 5.67. The lowest BCUT2D eigenvalue weighted by molar-refractivity contribution is 0.295. The van der Waals surface area contributed by atoms with Crippen molar-refractivity contribution in [2.24, 2.45) is 0 Å². The number of H-pyrrole nitrogens is 2. The number of hydrogen-bond donors (Lipinski definition) is 2. The standard InChI is InChI=1S/C28H27N5/c1-3-24-23(19-30-25(24)4-2)15-17-33(18-16-29)20-26-31-27(21-11-7-5-8-12-21)28(32-26)22-13-9-6-10-14-22/h3-14,19,30H,1-2,15,17-18,20H2,(H,31,32). The highest BCUT2D eigenvalue weighted by Gasteiger charge is 2.17. The molecule has 0 fully saturated rings. The first-order chi connectivity index (χ1) is 16.2. The second-order valence-corrected chi connectivity index (χ2v) is 7.81. The van der Waals surface area contributed by atoms with Gasteiger partial charge in [-0.15, -0.1) is 0 Å². The SMILES string of the molecule is C=Cc1[nH]cc(CCN(CC#N)Cc2nc(-c3ccccc3)c(-c3ccccc3)[nH]2)c1C=C. The molecule has 164 valence electrons. The second-order valence-electron chi connectivity index (χ2n) is 7.81. The van der Waals surface area contributed by atoms with Crippen molar-refractivity contribution in [2.75, 3.05) is 13.1 Å². The summed E-state index contributed by atoms with van der Waals surface area (Å²) < 4.78 is 0. The molecule has 0 atom stereocenters. The van der Waals surface area contributed by atoms with Crippen LogP contribution in [0.2, 0.25) is 0 Å². The summed E-state index contributed by atoms with van der Waals surface area (Å²) in [5, 5.41) is 9.41. The Bertz CT molecular complexity index is 1200. The Hall–Kier alpha value is -4.14. The number of benzene rings is 2. The normalized spacial score (nSPS) is 10.8.